The molecule has 1 rings (SSSR count). The van der Waals surface area contributed by atoms with Gasteiger partial charge in [-0.2, -0.15) is 0 Å². The van der Waals surface area contributed by atoms with Crippen LogP contribution in [0.3, 0.4) is 0 Å². The highest BCUT2D eigenvalue weighted by atomic mass is 32.2. The van der Waals surface area contributed by atoms with E-state index in [1.807, 2.05) is 0 Å². The average Bonchev–Trinajstić information content (AvgIpc) is 2.27. The van der Waals surface area contributed by atoms with E-state index in [2.05, 4.69) is 5.32 Å². The van der Waals surface area contributed by atoms with E-state index < -0.39 is 15.0 Å². The van der Waals surface area contributed by atoms with Gasteiger partial charge in [-0.05, 0) is 38.3 Å². The number of rotatable bonds is 4. The van der Waals surface area contributed by atoms with Gasteiger partial charge in [0.25, 0.3) is 0 Å². The van der Waals surface area contributed by atoms with Crippen LogP contribution < -0.4 is 5.32 Å². The summed E-state index contributed by atoms with van der Waals surface area (Å²) in [4.78, 5) is 11.3. The highest BCUT2D eigenvalue weighted by Gasteiger charge is 2.21. The molecule has 1 heterocycles. The van der Waals surface area contributed by atoms with Crippen LogP contribution in [0, 0.1) is 5.92 Å². The van der Waals surface area contributed by atoms with Crippen molar-refractivity contribution in [3.8, 4) is 0 Å². The van der Waals surface area contributed by atoms with Crippen molar-refractivity contribution in [3.05, 3.63) is 0 Å². The Morgan fingerprint density at radius 3 is 2.47 bits per heavy atom. The van der Waals surface area contributed by atoms with Gasteiger partial charge in [0.05, 0.1) is 5.75 Å². The van der Waals surface area contributed by atoms with Gasteiger partial charge in [0, 0.05) is 6.42 Å². The minimum absolute atomic E-state index is 0.0714. The third-order valence-corrected chi connectivity index (χ3v) is 4.60. The molecule has 5 heteroatoms. The molecule has 1 aliphatic rings. The maximum Gasteiger partial charge on any atom is 0.246 e. The molecule has 1 fully saturated rings. The van der Waals surface area contributed by atoms with Gasteiger partial charge in [0.1, 0.15) is 0 Å². The van der Waals surface area contributed by atoms with Crippen LogP contribution in [0.15, 0.2) is 0 Å². The molecule has 0 saturated carbocycles. The molecule has 0 aromatic carbocycles. The third-order valence-electron chi connectivity index (χ3n) is 2.94. The standard InChI is InChI=1S/C10H19NO3S/c1-2-15(13,14)10(12)4-3-9-5-7-11-8-6-9/h9,11H,2-8H2,1H3. The van der Waals surface area contributed by atoms with Gasteiger partial charge in [-0.25, -0.2) is 8.42 Å². The minimum Gasteiger partial charge on any atom is -0.317 e. The van der Waals surface area contributed by atoms with E-state index in [-0.39, 0.29) is 12.2 Å². The van der Waals surface area contributed by atoms with Gasteiger partial charge in [-0.1, -0.05) is 6.92 Å². The Balaban J connectivity index is 2.33. The van der Waals surface area contributed by atoms with E-state index in [9.17, 15) is 13.2 Å². The lowest BCUT2D eigenvalue weighted by Crippen LogP contribution is -2.28. The highest BCUT2D eigenvalue weighted by molar-refractivity contribution is 8.06. The van der Waals surface area contributed by atoms with Crippen LogP contribution in [0.2, 0.25) is 0 Å². The molecule has 0 aromatic heterocycles. The van der Waals surface area contributed by atoms with Crippen LogP contribution >= 0.6 is 0 Å². The maximum absolute atomic E-state index is 11.3. The van der Waals surface area contributed by atoms with Crippen molar-refractivity contribution >= 4 is 15.0 Å². The van der Waals surface area contributed by atoms with Crippen molar-refractivity contribution in [2.24, 2.45) is 5.92 Å². The topological polar surface area (TPSA) is 63.2 Å². The Hall–Kier alpha value is -0.420. The first kappa shape index (κ1) is 12.6. The van der Waals surface area contributed by atoms with E-state index in [1.54, 1.807) is 0 Å². The first-order valence-corrected chi connectivity index (χ1v) is 7.18. The molecular weight excluding hydrogens is 214 g/mol. The summed E-state index contributed by atoms with van der Waals surface area (Å²) < 4.78 is 22.4. The highest BCUT2D eigenvalue weighted by Crippen LogP contribution is 2.18. The van der Waals surface area contributed by atoms with Crippen molar-refractivity contribution in [3.63, 3.8) is 0 Å². The molecule has 0 radical (unpaired) electrons. The summed E-state index contributed by atoms with van der Waals surface area (Å²) >= 11 is 0. The summed E-state index contributed by atoms with van der Waals surface area (Å²) in [6.45, 7) is 3.48. The van der Waals surface area contributed by atoms with E-state index >= 15 is 0 Å². The SMILES string of the molecule is CCS(=O)(=O)C(=O)CCC1CCNCC1. The van der Waals surface area contributed by atoms with Gasteiger partial charge in [0.2, 0.25) is 15.0 Å². The van der Waals surface area contributed by atoms with Gasteiger partial charge >= 0.3 is 0 Å². The summed E-state index contributed by atoms with van der Waals surface area (Å²) in [6.07, 6.45) is 3.03. The van der Waals surface area contributed by atoms with Crippen LogP contribution in [0.4, 0.5) is 0 Å². The minimum atomic E-state index is -3.45. The Kier molecular flexibility index (Phi) is 4.73. The Labute approximate surface area is 91.4 Å². The first-order valence-electron chi connectivity index (χ1n) is 5.52. The molecule has 88 valence electrons. The van der Waals surface area contributed by atoms with Gasteiger partial charge in [-0.15, -0.1) is 0 Å². The zero-order valence-corrected chi connectivity index (χ0v) is 9.98. The summed E-state index contributed by atoms with van der Waals surface area (Å²) in [5.74, 6) is 0.445. The lowest BCUT2D eigenvalue weighted by Gasteiger charge is -2.21. The van der Waals surface area contributed by atoms with Gasteiger partial charge in [0.15, 0.2) is 0 Å². The smallest absolute Gasteiger partial charge is 0.246 e. The second kappa shape index (κ2) is 5.61. The molecule has 0 unspecified atom stereocenters. The second-order valence-corrected chi connectivity index (χ2v) is 6.27. The van der Waals surface area contributed by atoms with E-state index in [0.29, 0.717) is 5.92 Å². The molecule has 0 bridgehead atoms. The zero-order valence-electron chi connectivity index (χ0n) is 9.16. The fourth-order valence-electron chi connectivity index (χ4n) is 1.81. The van der Waals surface area contributed by atoms with E-state index in [4.69, 9.17) is 0 Å². The normalized spacial score (nSPS) is 19.0. The number of hydrogen-bond donors (Lipinski definition) is 1. The largest absolute Gasteiger partial charge is 0.317 e. The summed E-state index contributed by atoms with van der Waals surface area (Å²) in [5.41, 5.74) is 0. The van der Waals surface area contributed by atoms with Crippen LogP contribution in [0.25, 0.3) is 0 Å². The molecule has 0 atom stereocenters. The number of carbonyl (C=O) groups excluding carboxylic acids is 1. The van der Waals surface area contributed by atoms with Crippen LogP contribution in [-0.2, 0) is 14.6 Å². The Bertz CT molecular complexity index is 305. The fraction of sp³-hybridized carbons (Fsp3) is 0.900. The average molecular weight is 233 g/mol. The molecule has 0 amide bonds. The van der Waals surface area contributed by atoms with Crippen LogP contribution in [0.1, 0.15) is 32.6 Å². The molecule has 15 heavy (non-hydrogen) atoms. The Morgan fingerprint density at radius 2 is 1.93 bits per heavy atom. The zero-order chi connectivity index (χ0) is 11.3. The number of piperidine rings is 1. The molecule has 0 aliphatic carbocycles. The maximum atomic E-state index is 11.3. The van der Waals surface area contributed by atoms with Gasteiger partial charge < -0.3 is 5.32 Å². The fourth-order valence-corrected chi connectivity index (χ4v) is 2.56. The Morgan fingerprint density at radius 1 is 1.33 bits per heavy atom. The van der Waals surface area contributed by atoms with Gasteiger partial charge in [-0.3, -0.25) is 4.79 Å². The van der Waals surface area contributed by atoms with Crippen molar-refractivity contribution in [2.45, 2.75) is 32.6 Å². The molecule has 1 N–H and O–H groups in total. The predicted octanol–water partition coefficient (Wildman–Crippen LogP) is 0.728. The van der Waals surface area contributed by atoms with Crippen molar-refractivity contribution in [2.75, 3.05) is 18.8 Å². The molecule has 0 spiro atoms. The van der Waals surface area contributed by atoms with E-state index in [0.717, 1.165) is 32.4 Å². The second-order valence-electron chi connectivity index (χ2n) is 4.01. The lowest BCUT2D eigenvalue weighted by atomic mass is 9.93. The molecular formula is C10H19NO3S. The van der Waals surface area contributed by atoms with Crippen molar-refractivity contribution < 1.29 is 13.2 Å². The third kappa shape index (κ3) is 3.91. The van der Waals surface area contributed by atoms with E-state index in [1.165, 1.54) is 6.92 Å². The van der Waals surface area contributed by atoms with Crippen LogP contribution in [0.5, 0.6) is 0 Å². The lowest BCUT2D eigenvalue weighted by molar-refractivity contribution is -0.112. The monoisotopic (exact) mass is 233 g/mol. The number of carbonyl (C=O) groups is 1. The van der Waals surface area contributed by atoms with Crippen LogP contribution in [-0.4, -0.2) is 32.4 Å². The van der Waals surface area contributed by atoms with Crippen molar-refractivity contribution in [1.29, 1.82) is 0 Å². The first-order chi connectivity index (χ1) is 7.06. The molecule has 1 saturated heterocycles. The number of nitrogens with one attached hydrogen (secondary N) is 1. The summed E-state index contributed by atoms with van der Waals surface area (Å²) in [5, 5.41) is 2.66. The molecule has 4 nitrogen and oxygen atoms in total. The van der Waals surface area contributed by atoms with Crippen molar-refractivity contribution in [1.82, 2.24) is 5.32 Å². The molecule has 0 aromatic rings. The number of sulfone groups is 1. The summed E-state index contributed by atoms with van der Waals surface area (Å²) in [7, 11) is -3.45. The number of hydrogen-bond acceptors (Lipinski definition) is 4. The molecule has 1 aliphatic heterocycles. The quantitative estimate of drug-likeness (QED) is 0.777. The summed E-state index contributed by atoms with van der Waals surface area (Å²) in [6, 6.07) is 0. The predicted molar refractivity (Wildman–Crippen MR) is 59.3 cm³/mol.